The largest absolute Gasteiger partial charge is 0.394 e. The number of carbonyl (C=O) groups excluding carboxylic acids is 5. The molecule has 0 saturated carbocycles. The summed E-state index contributed by atoms with van der Waals surface area (Å²) in [6.45, 7) is 2.60. The van der Waals surface area contributed by atoms with E-state index in [2.05, 4.69) is 21.3 Å². The van der Waals surface area contributed by atoms with Crippen LogP contribution < -0.4 is 21.3 Å². The Kier molecular flexibility index (Phi) is 9.59. The van der Waals surface area contributed by atoms with Crippen LogP contribution in [0.25, 0.3) is 0 Å². The molecule has 2 heterocycles. The molecule has 37 heavy (non-hydrogen) atoms. The maximum Gasteiger partial charge on any atom is 0.248 e. The number of carbonyl (C=O) groups is 5. The summed E-state index contributed by atoms with van der Waals surface area (Å²) in [5.74, 6) is -3.16. The maximum atomic E-state index is 13.3. The van der Waals surface area contributed by atoms with Crippen molar-refractivity contribution in [3.05, 3.63) is 35.9 Å². The molecule has 2 aliphatic heterocycles. The molecule has 0 bridgehead atoms. The molecule has 6 N–H and O–H groups in total. The highest BCUT2D eigenvalue weighted by Crippen LogP contribution is 2.21. The highest BCUT2D eigenvalue weighted by atomic mass is 16.3. The van der Waals surface area contributed by atoms with E-state index in [4.69, 9.17) is 0 Å². The third-order valence-corrected chi connectivity index (χ3v) is 6.67. The summed E-state index contributed by atoms with van der Waals surface area (Å²) in [7, 11) is 0. The third-order valence-electron chi connectivity index (χ3n) is 6.67. The van der Waals surface area contributed by atoms with Crippen molar-refractivity contribution in [2.75, 3.05) is 13.2 Å². The Balaban J connectivity index is 1.98. The topological polar surface area (TPSA) is 177 Å². The van der Waals surface area contributed by atoms with Crippen molar-refractivity contribution in [1.82, 2.24) is 26.2 Å². The van der Waals surface area contributed by atoms with E-state index in [-0.39, 0.29) is 19.4 Å². The molecule has 2 saturated heterocycles. The van der Waals surface area contributed by atoms with Crippen molar-refractivity contribution < 1.29 is 34.2 Å². The lowest BCUT2D eigenvalue weighted by molar-refractivity contribution is -0.144. The van der Waals surface area contributed by atoms with E-state index in [1.165, 1.54) is 11.8 Å². The summed E-state index contributed by atoms with van der Waals surface area (Å²) in [5, 5.41) is 30.5. The molecule has 2 aliphatic rings. The van der Waals surface area contributed by atoms with Crippen LogP contribution in [-0.2, 0) is 24.0 Å². The lowest BCUT2D eigenvalue weighted by Crippen LogP contribution is -2.60. The van der Waals surface area contributed by atoms with Crippen molar-refractivity contribution in [1.29, 1.82) is 0 Å². The van der Waals surface area contributed by atoms with Gasteiger partial charge in [-0.1, -0.05) is 37.3 Å². The molecule has 1 aromatic carbocycles. The zero-order valence-corrected chi connectivity index (χ0v) is 21.0. The molecule has 3 rings (SSSR count). The second-order valence-corrected chi connectivity index (χ2v) is 9.36. The van der Waals surface area contributed by atoms with Gasteiger partial charge in [-0.25, -0.2) is 0 Å². The molecule has 0 spiro atoms. The van der Waals surface area contributed by atoms with Crippen LogP contribution in [0.3, 0.4) is 0 Å². The number of rotatable bonds is 4. The zero-order valence-electron chi connectivity index (χ0n) is 21.0. The first-order chi connectivity index (χ1) is 17.7. The average molecular weight is 518 g/mol. The second kappa shape index (κ2) is 12.6. The van der Waals surface area contributed by atoms with Crippen LogP contribution in [-0.4, -0.2) is 88.1 Å². The summed E-state index contributed by atoms with van der Waals surface area (Å²) < 4.78 is 0. The minimum Gasteiger partial charge on any atom is -0.394 e. The smallest absolute Gasteiger partial charge is 0.248 e. The molecule has 0 aromatic heterocycles. The molecule has 5 amide bonds. The molecule has 0 aliphatic carbocycles. The van der Waals surface area contributed by atoms with Gasteiger partial charge in [-0.2, -0.15) is 0 Å². The summed E-state index contributed by atoms with van der Waals surface area (Å²) in [4.78, 5) is 66.6. The minimum absolute atomic E-state index is 0.205. The summed E-state index contributed by atoms with van der Waals surface area (Å²) in [5.41, 5.74) is 0.591. The summed E-state index contributed by atoms with van der Waals surface area (Å²) >= 11 is 0. The van der Waals surface area contributed by atoms with E-state index in [0.717, 1.165) is 0 Å². The van der Waals surface area contributed by atoms with Gasteiger partial charge in [-0.15, -0.1) is 0 Å². The van der Waals surface area contributed by atoms with Gasteiger partial charge < -0.3 is 36.4 Å². The van der Waals surface area contributed by atoms with Gasteiger partial charge in [0.1, 0.15) is 24.2 Å². The normalized spacial score (nSPS) is 29.0. The molecular formula is C25H35N5O7. The van der Waals surface area contributed by atoms with Crippen LogP contribution in [0.15, 0.2) is 30.3 Å². The monoisotopic (exact) mass is 517 g/mol. The average Bonchev–Trinajstić information content (AvgIpc) is 3.38. The molecule has 0 radical (unpaired) electrons. The molecule has 12 nitrogen and oxygen atoms in total. The van der Waals surface area contributed by atoms with Crippen LogP contribution in [0.4, 0.5) is 0 Å². The Bertz CT molecular complexity index is 1000. The zero-order chi connectivity index (χ0) is 27.1. The fraction of sp³-hybridized carbons (Fsp3) is 0.560. The fourth-order valence-electron chi connectivity index (χ4n) is 4.59. The van der Waals surface area contributed by atoms with E-state index in [1.807, 2.05) is 0 Å². The number of nitrogens with one attached hydrogen (secondary N) is 4. The first kappa shape index (κ1) is 28.1. The third kappa shape index (κ3) is 6.83. The first-order valence-corrected chi connectivity index (χ1v) is 12.5. The van der Waals surface area contributed by atoms with Gasteiger partial charge in [0.2, 0.25) is 29.5 Å². The maximum absolute atomic E-state index is 13.3. The van der Waals surface area contributed by atoms with E-state index in [0.29, 0.717) is 18.4 Å². The standard InChI is InChI=1S/C25H35N5O7/c1-3-16-22(34)28-18(13-31)23(35)27-17(15-8-5-4-6-9-15)12-20(33)29-21(14(2)32)25(37)30-11-7-10-19(30)24(36)26-16/h4-6,8-9,14,16-19,21,31-32H,3,7,10-13H2,1-2H3,(H,26,36)(H,27,35)(H,28,34)(H,29,33)/t14?,16-,17+,18-,19-,21-/m0/s1. The number of fused-ring (bicyclic) bond motifs is 1. The number of aliphatic hydroxyl groups is 2. The van der Waals surface area contributed by atoms with Crippen LogP contribution in [0.2, 0.25) is 0 Å². The lowest BCUT2D eigenvalue weighted by atomic mass is 10.0. The minimum atomic E-state index is -1.32. The van der Waals surface area contributed by atoms with Gasteiger partial charge in [0.25, 0.3) is 0 Å². The van der Waals surface area contributed by atoms with Crippen molar-refractivity contribution in [2.45, 2.75) is 75.8 Å². The first-order valence-electron chi connectivity index (χ1n) is 12.5. The SMILES string of the molecule is CC[C@@H]1NC(=O)[C@@H]2CCCN2C(=O)[C@H](C(C)O)NC(=O)C[C@H](c2ccccc2)NC(=O)[C@H](CO)NC1=O. The van der Waals surface area contributed by atoms with Gasteiger partial charge in [-0.05, 0) is 31.7 Å². The van der Waals surface area contributed by atoms with Crippen LogP contribution >= 0.6 is 0 Å². The van der Waals surface area contributed by atoms with Crippen molar-refractivity contribution >= 4 is 29.5 Å². The highest BCUT2D eigenvalue weighted by Gasteiger charge is 2.40. The Morgan fingerprint density at radius 2 is 1.59 bits per heavy atom. The Morgan fingerprint density at radius 3 is 2.22 bits per heavy atom. The van der Waals surface area contributed by atoms with E-state index in [9.17, 15) is 34.2 Å². The molecule has 1 aromatic rings. The fourth-order valence-corrected chi connectivity index (χ4v) is 4.59. The molecule has 202 valence electrons. The second-order valence-electron chi connectivity index (χ2n) is 9.36. The van der Waals surface area contributed by atoms with Gasteiger partial charge in [0.15, 0.2) is 0 Å². The highest BCUT2D eigenvalue weighted by molar-refractivity contribution is 5.96. The summed E-state index contributed by atoms with van der Waals surface area (Å²) in [6, 6.07) is 3.28. The van der Waals surface area contributed by atoms with Crippen LogP contribution in [0.5, 0.6) is 0 Å². The Morgan fingerprint density at radius 1 is 0.946 bits per heavy atom. The van der Waals surface area contributed by atoms with E-state index >= 15 is 0 Å². The summed E-state index contributed by atoms with van der Waals surface area (Å²) in [6.07, 6.45) is -0.434. The molecule has 1 unspecified atom stereocenters. The molecule has 2 fully saturated rings. The number of hydrogen-bond acceptors (Lipinski definition) is 7. The predicted molar refractivity (Wildman–Crippen MR) is 132 cm³/mol. The van der Waals surface area contributed by atoms with Gasteiger partial charge in [0.05, 0.1) is 25.2 Å². The number of amides is 5. The Hall–Kier alpha value is -3.51. The van der Waals surface area contributed by atoms with Crippen LogP contribution in [0.1, 0.15) is 51.1 Å². The number of hydrogen-bond donors (Lipinski definition) is 6. The quantitative estimate of drug-likeness (QED) is 0.281. The Labute approximate surface area is 215 Å². The van der Waals surface area contributed by atoms with E-state index in [1.54, 1.807) is 37.3 Å². The van der Waals surface area contributed by atoms with Gasteiger partial charge in [0, 0.05) is 6.54 Å². The predicted octanol–water partition coefficient (Wildman–Crippen LogP) is -1.52. The van der Waals surface area contributed by atoms with E-state index < -0.39 is 72.5 Å². The van der Waals surface area contributed by atoms with Gasteiger partial charge in [-0.3, -0.25) is 24.0 Å². The van der Waals surface area contributed by atoms with Crippen LogP contribution in [0, 0.1) is 0 Å². The van der Waals surface area contributed by atoms with Crippen molar-refractivity contribution in [2.24, 2.45) is 0 Å². The van der Waals surface area contributed by atoms with Crippen molar-refractivity contribution in [3.8, 4) is 0 Å². The van der Waals surface area contributed by atoms with Crippen molar-refractivity contribution in [3.63, 3.8) is 0 Å². The molecule has 6 atom stereocenters. The number of nitrogens with zero attached hydrogens (tertiary/aromatic N) is 1. The number of benzene rings is 1. The molecular weight excluding hydrogens is 482 g/mol. The van der Waals surface area contributed by atoms with Gasteiger partial charge >= 0.3 is 0 Å². The number of aliphatic hydroxyl groups excluding tert-OH is 2. The lowest BCUT2D eigenvalue weighted by Gasteiger charge is -2.32. The molecule has 12 heteroatoms.